The number of aryl methyl sites for hydroxylation is 2. The maximum atomic E-state index is 11.9. The number of carbonyl (C=O) groups is 1. The van der Waals surface area contributed by atoms with Crippen LogP contribution in [0.4, 0.5) is 0 Å². The number of benzene rings is 1. The van der Waals surface area contributed by atoms with Crippen molar-refractivity contribution in [3.8, 4) is 11.5 Å². The first-order valence-corrected chi connectivity index (χ1v) is 7.89. The summed E-state index contributed by atoms with van der Waals surface area (Å²) in [7, 11) is 3.19. The SMILES string of the molecule is COc1ccc(CNC(=O)CCc2nc(C)cs2)cc1OC. The molecule has 0 aliphatic carbocycles. The number of ether oxygens (including phenoxy) is 2. The fraction of sp³-hybridized carbons (Fsp3) is 0.375. The Morgan fingerprint density at radius 3 is 2.68 bits per heavy atom. The van der Waals surface area contributed by atoms with Gasteiger partial charge in [-0.3, -0.25) is 4.79 Å². The normalized spacial score (nSPS) is 10.3. The van der Waals surface area contributed by atoms with Crippen LogP contribution in [0.5, 0.6) is 11.5 Å². The van der Waals surface area contributed by atoms with Crippen LogP contribution in [0.1, 0.15) is 22.7 Å². The molecular weight excluding hydrogens is 300 g/mol. The van der Waals surface area contributed by atoms with Crippen molar-refractivity contribution >= 4 is 17.2 Å². The van der Waals surface area contributed by atoms with Crippen LogP contribution in [0.2, 0.25) is 0 Å². The van der Waals surface area contributed by atoms with Crippen LogP contribution in [0.3, 0.4) is 0 Å². The fourth-order valence-electron chi connectivity index (χ4n) is 2.02. The van der Waals surface area contributed by atoms with E-state index >= 15 is 0 Å². The number of aromatic nitrogens is 1. The van der Waals surface area contributed by atoms with Gasteiger partial charge in [-0.2, -0.15) is 0 Å². The number of hydrogen-bond donors (Lipinski definition) is 1. The van der Waals surface area contributed by atoms with Gasteiger partial charge in [0.15, 0.2) is 11.5 Å². The zero-order valence-electron chi connectivity index (χ0n) is 13.0. The predicted molar refractivity (Wildman–Crippen MR) is 86.6 cm³/mol. The van der Waals surface area contributed by atoms with Crippen molar-refractivity contribution in [2.45, 2.75) is 26.3 Å². The molecule has 1 amide bonds. The van der Waals surface area contributed by atoms with Gasteiger partial charge in [-0.25, -0.2) is 4.98 Å². The van der Waals surface area contributed by atoms with Crippen molar-refractivity contribution in [2.24, 2.45) is 0 Å². The van der Waals surface area contributed by atoms with Crippen LogP contribution >= 0.6 is 11.3 Å². The summed E-state index contributed by atoms with van der Waals surface area (Å²) in [4.78, 5) is 16.2. The molecule has 5 nitrogen and oxygen atoms in total. The van der Waals surface area contributed by atoms with E-state index in [2.05, 4.69) is 10.3 Å². The van der Waals surface area contributed by atoms with E-state index in [4.69, 9.17) is 9.47 Å². The highest BCUT2D eigenvalue weighted by molar-refractivity contribution is 7.09. The molecule has 2 rings (SSSR count). The molecule has 0 unspecified atom stereocenters. The number of methoxy groups -OCH3 is 2. The summed E-state index contributed by atoms with van der Waals surface area (Å²) in [5.74, 6) is 1.35. The van der Waals surface area contributed by atoms with Crippen LogP contribution in [0.15, 0.2) is 23.6 Å². The van der Waals surface area contributed by atoms with Crippen molar-refractivity contribution in [3.05, 3.63) is 39.8 Å². The molecule has 22 heavy (non-hydrogen) atoms. The first-order chi connectivity index (χ1) is 10.6. The molecule has 0 fully saturated rings. The molecule has 1 aromatic carbocycles. The summed E-state index contributed by atoms with van der Waals surface area (Å²) in [5.41, 5.74) is 1.97. The van der Waals surface area contributed by atoms with Gasteiger partial charge in [0, 0.05) is 30.5 Å². The Kier molecular flexibility index (Phi) is 5.77. The van der Waals surface area contributed by atoms with E-state index in [9.17, 15) is 4.79 Å². The molecule has 0 atom stereocenters. The molecule has 0 bridgehead atoms. The summed E-state index contributed by atoms with van der Waals surface area (Å²) < 4.78 is 10.4. The summed E-state index contributed by atoms with van der Waals surface area (Å²) in [6.45, 7) is 2.42. The van der Waals surface area contributed by atoms with Crippen molar-refractivity contribution < 1.29 is 14.3 Å². The third-order valence-electron chi connectivity index (χ3n) is 3.17. The van der Waals surface area contributed by atoms with Crippen molar-refractivity contribution in [1.82, 2.24) is 10.3 Å². The molecule has 1 N–H and O–H groups in total. The first kappa shape index (κ1) is 16.3. The van der Waals surface area contributed by atoms with Gasteiger partial charge in [0.2, 0.25) is 5.91 Å². The predicted octanol–water partition coefficient (Wildman–Crippen LogP) is 2.72. The Hall–Kier alpha value is -2.08. The van der Waals surface area contributed by atoms with Gasteiger partial charge in [-0.1, -0.05) is 6.07 Å². The van der Waals surface area contributed by atoms with Crippen molar-refractivity contribution in [2.75, 3.05) is 14.2 Å². The standard InChI is InChI=1S/C16H20N2O3S/c1-11-10-22-16(18-11)7-6-15(19)17-9-12-4-5-13(20-2)14(8-12)21-3/h4-5,8,10H,6-7,9H2,1-3H3,(H,17,19). The number of nitrogens with one attached hydrogen (secondary N) is 1. The quantitative estimate of drug-likeness (QED) is 0.852. The Balaban J connectivity index is 1.83. The van der Waals surface area contributed by atoms with Crippen LogP contribution in [-0.4, -0.2) is 25.1 Å². The minimum Gasteiger partial charge on any atom is -0.493 e. The maximum Gasteiger partial charge on any atom is 0.220 e. The molecular formula is C16H20N2O3S. The topological polar surface area (TPSA) is 60.5 Å². The lowest BCUT2D eigenvalue weighted by atomic mass is 10.2. The summed E-state index contributed by atoms with van der Waals surface area (Å²) in [6, 6.07) is 5.60. The summed E-state index contributed by atoms with van der Waals surface area (Å²) in [6.07, 6.45) is 1.12. The third kappa shape index (κ3) is 4.46. The zero-order valence-corrected chi connectivity index (χ0v) is 13.8. The van der Waals surface area contributed by atoms with Crippen LogP contribution in [0, 0.1) is 6.92 Å². The van der Waals surface area contributed by atoms with Gasteiger partial charge in [0.05, 0.1) is 19.2 Å². The van der Waals surface area contributed by atoms with Gasteiger partial charge in [-0.05, 0) is 24.6 Å². The Morgan fingerprint density at radius 2 is 2.05 bits per heavy atom. The lowest BCUT2D eigenvalue weighted by Gasteiger charge is -2.10. The van der Waals surface area contributed by atoms with E-state index in [1.165, 1.54) is 0 Å². The first-order valence-electron chi connectivity index (χ1n) is 7.01. The molecule has 0 aliphatic rings. The number of thiazole rings is 1. The highest BCUT2D eigenvalue weighted by Crippen LogP contribution is 2.27. The molecule has 1 aromatic heterocycles. The lowest BCUT2D eigenvalue weighted by molar-refractivity contribution is -0.121. The van der Waals surface area contributed by atoms with Crippen molar-refractivity contribution in [3.63, 3.8) is 0 Å². The number of rotatable bonds is 7. The Bertz CT molecular complexity index is 640. The van der Waals surface area contributed by atoms with E-state index in [0.29, 0.717) is 30.9 Å². The highest BCUT2D eigenvalue weighted by Gasteiger charge is 2.07. The van der Waals surface area contributed by atoms with Gasteiger partial charge >= 0.3 is 0 Å². The molecule has 6 heteroatoms. The molecule has 0 saturated carbocycles. The van der Waals surface area contributed by atoms with E-state index in [1.54, 1.807) is 25.6 Å². The molecule has 0 spiro atoms. The van der Waals surface area contributed by atoms with Gasteiger partial charge < -0.3 is 14.8 Å². The van der Waals surface area contributed by atoms with Crippen LogP contribution in [0.25, 0.3) is 0 Å². The average molecular weight is 320 g/mol. The van der Waals surface area contributed by atoms with E-state index in [1.807, 2.05) is 30.5 Å². The summed E-state index contributed by atoms with van der Waals surface area (Å²) >= 11 is 1.59. The third-order valence-corrected chi connectivity index (χ3v) is 4.20. The number of amides is 1. The fourth-order valence-corrected chi connectivity index (χ4v) is 2.79. The molecule has 0 saturated heterocycles. The van der Waals surface area contributed by atoms with E-state index in [-0.39, 0.29) is 5.91 Å². The molecule has 2 aromatic rings. The largest absolute Gasteiger partial charge is 0.493 e. The lowest BCUT2D eigenvalue weighted by Crippen LogP contribution is -2.23. The van der Waals surface area contributed by atoms with Crippen LogP contribution in [-0.2, 0) is 17.8 Å². The van der Waals surface area contributed by atoms with Crippen molar-refractivity contribution in [1.29, 1.82) is 0 Å². The monoisotopic (exact) mass is 320 g/mol. The number of nitrogens with zero attached hydrogens (tertiary/aromatic N) is 1. The van der Waals surface area contributed by atoms with Crippen LogP contribution < -0.4 is 14.8 Å². The van der Waals surface area contributed by atoms with Gasteiger partial charge in [0.1, 0.15) is 0 Å². The number of carbonyl (C=O) groups excluding carboxylic acids is 1. The minimum atomic E-state index is 0.0163. The maximum absolute atomic E-state index is 11.9. The van der Waals surface area contributed by atoms with Gasteiger partial charge in [-0.15, -0.1) is 11.3 Å². The van der Waals surface area contributed by atoms with E-state index < -0.39 is 0 Å². The minimum absolute atomic E-state index is 0.0163. The zero-order chi connectivity index (χ0) is 15.9. The van der Waals surface area contributed by atoms with Gasteiger partial charge in [0.25, 0.3) is 0 Å². The smallest absolute Gasteiger partial charge is 0.220 e. The molecule has 118 valence electrons. The number of hydrogen-bond acceptors (Lipinski definition) is 5. The Morgan fingerprint density at radius 1 is 1.27 bits per heavy atom. The highest BCUT2D eigenvalue weighted by atomic mass is 32.1. The Labute approximate surface area is 134 Å². The second-order valence-corrected chi connectivity index (χ2v) is 5.79. The van der Waals surface area contributed by atoms with E-state index in [0.717, 1.165) is 16.3 Å². The second kappa shape index (κ2) is 7.79. The molecule has 0 aliphatic heterocycles. The molecule has 1 heterocycles. The summed E-state index contributed by atoms with van der Waals surface area (Å²) in [5, 5.41) is 5.90. The average Bonchev–Trinajstić information content (AvgIpc) is 2.96. The molecule has 0 radical (unpaired) electrons. The second-order valence-electron chi connectivity index (χ2n) is 4.85.